The molecule has 1 aromatic carbocycles. The van der Waals surface area contributed by atoms with Gasteiger partial charge in [-0.1, -0.05) is 26.0 Å². The maximum Gasteiger partial charge on any atom is 0.122 e. The number of nitrogen functional groups attached to an aromatic ring is 1. The number of nitrogens with two attached hydrogens (primary N) is 1. The Balaban J connectivity index is 2.78. The highest BCUT2D eigenvalue weighted by molar-refractivity contribution is 5.95. The van der Waals surface area contributed by atoms with E-state index in [1.807, 2.05) is 24.3 Å². The third-order valence-electron chi connectivity index (χ3n) is 2.57. The SMILES string of the molecule is CC(C)[C@H](C)Nc1cccc(C(=N)N)c1. The molecule has 1 atom stereocenters. The maximum absolute atomic E-state index is 7.35. The smallest absolute Gasteiger partial charge is 0.122 e. The summed E-state index contributed by atoms with van der Waals surface area (Å²) in [6.07, 6.45) is 0. The van der Waals surface area contributed by atoms with Crippen LogP contribution in [0.4, 0.5) is 5.69 Å². The zero-order valence-corrected chi connectivity index (χ0v) is 9.54. The number of amidine groups is 1. The number of hydrogen-bond donors (Lipinski definition) is 3. The molecule has 3 heteroatoms. The average molecular weight is 205 g/mol. The van der Waals surface area contributed by atoms with Crippen LogP contribution in [0.1, 0.15) is 26.3 Å². The summed E-state index contributed by atoms with van der Waals surface area (Å²) in [4.78, 5) is 0. The van der Waals surface area contributed by atoms with Crippen molar-refractivity contribution in [2.24, 2.45) is 11.7 Å². The highest BCUT2D eigenvalue weighted by Crippen LogP contribution is 2.14. The van der Waals surface area contributed by atoms with Gasteiger partial charge in [0.2, 0.25) is 0 Å². The molecule has 0 unspecified atom stereocenters. The van der Waals surface area contributed by atoms with E-state index in [4.69, 9.17) is 11.1 Å². The lowest BCUT2D eigenvalue weighted by Gasteiger charge is -2.19. The van der Waals surface area contributed by atoms with E-state index in [1.54, 1.807) is 0 Å². The largest absolute Gasteiger partial charge is 0.384 e. The average Bonchev–Trinajstić information content (AvgIpc) is 2.18. The van der Waals surface area contributed by atoms with Crippen molar-refractivity contribution in [3.05, 3.63) is 29.8 Å². The second kappa shape index (κ2) is 4.82. The first-order chi connectivity index (χ1) is 7.00. The molecule has 1 aromatic rings. The third-order valence-corrected chi connectivity index (χ3v) is 2.57. The van der Waals surface area contributed by atoms with Crippen LogP contribution in [0.2, 0.25) is 0 Å². The molecule has 0 saturated carbocycles. The van der Waals surface area contributed by atoms with Crippen molar-refractivity contribution < 1.29 is 0 Å². The summed E-state index contributed by atoms with van der Waals surface area (Å²) in [5.41, 5.74) is 7.21. The summed E-state index contributed by atoms with van der Waals surface area (Å²) >= 11 is 0. The lowest BCUT2D eigenvalue weighted by molar-refractivity contribution is 0.560. The summed E-state index contributed by atoms with van der Waals surface area (Å²) in [6, 6.07) is 8.05. The van der Waals surface area contributed by atoms with Crippen LogP contribution in [0.25, 0.3) is 0 Å². The van der Waals surface area contributed by atoms with Gasteiger partial charge in [0, 0.05) is 17.3 Å². The minimum atomic E-state index is 0.107. The van der Waals surface area contributed by atoms with Gasteiger partial charge in [-0.05, 0) is 25.0 Å². The molecular formula is C12H19N3. The van der Waals surface area contributed by atoms with E-state index >= 15 is 0 Å². The van der Waals surface area contributed by atoms with Gasteiger partial charge in [0.1, 0.15) is 5.84 Å². The van der Waals surface area contributed by atoms with E-state index in [0.717, 1.165) is 11.3 Å². The Kier molecular flexibility index (Phi) is 3.72. The molecule has 0 radical (unpaired) electrons. The predicted molar refractivity (Wildman–Crippen MR) is 65.4 cm³/mol. The second-order valence-corrected chi connectivity index (χ2v) is 4.17. The van der Waals surface area contributed by atoms with E-state index in [1.165, 1.54) is 0 Å². The molecule has 4 N–H and O–H groups in total. The first-order valence-corrected chi connectivity index (χ1v) is 5.21. The molecule has 0 fully saturated rings. The monoisotopic (exact) mass is 205 g/mol. The second-order valence-electron chi connectivity index (χ2n) is 4.17. The summed E-state index contributed by atoms with van der Waals surface area (Å²) in [7, 11) is 0. The van der Waals surface area contributed by atoms with E-state index in [-0.39, 0.29) is 5.84 Å². The van der Waals surface area contributed by atoms with Crippen molar-refractivity contribution in [3.8, 4) is 0 Å². The standard InChI is InChI=1S/C12H19N3/c1-8(2)9(3)15-11-6-4-5-10(7-11)12(13)14/h4-9,15H,1-3H3,(H3,13,14)/t9-/m0/s1. The normalized spacial score (nSPS) is 12.5. The van der Waals surface area contributed by atoms with Crippen molar-refractivity contribution in [1.82, 2.24) is 0 Å². The van der Waals surface area contributed by atoms with E-state index in [0.29, 0.717) is 12.0 Å². The Morgan fingerprint density at radius 1 is 1.33 bits per heavy atom. The molecule has 0 aliphatic rings. The Labute approximate surface area is 91.2 Å². The molecule has 1 rings (SSSR count). The number of benzene rings is 1. The lowest BCUT2D eigenvalue weighted by Crippen LogP contribution is -2.21. The van der Waals surface area contributed by atoms with Gasteiger partial charge in [0.15, 0.2) is 0 Å². The minimum Gasteiger partial charge on any atom is -0.384 e. The topological polar surface area (TPSA) is 61.9 Å². The van der Waals surface area contributed by atoms with Gasteiger partial charge in [-0.25, -0.2) is 0 Å². The highest BCUT2D eigenvalue weighted by Gasteiger charge is 2.06. The van der Waals surface area contributed by atoms with E-state index < -0.39 is 0 Å². The van der Waals surface area contributed by atoms with Crippen LogP contribution in [0.5, 0.6) is 0 Å². The molecule has 82 valence electrons. The molecule has 0 aromatic heterocycles. The molecule has 0 heterocycles. The predicted octanol–water partition coefficient (Wildman–Crippen LogP) is 2.43. The van der Waals surface area contributed by atoms with Crippen LogP contribution in [0.3, 0.4) is 0 Å². The maximum atomic E-state index is 7.35. The quantitative estimate of drug-likeness (QED) is 0.522. The Morgan fingerprint density at radius 3 is 2.53 bits per heavy atom. The fourth-order valence-electron chi connectivity index (χ4n) is 1.21. The van der Waals surface area contributed by atoms with Crippen LogP contribution in [-0.4, -0.2) is 11.9 Å². The van der Waals surface area contributed by atoms with Crippen molar-refractivity contribution in [3.63, 3.8) is 0 Å². The van der Waals surface area contributed by atoms with Gasteiger partial charge in [-0.3, -0.25) is 5.41 Å². The van der Waals surface area contributed by atoms with Crippen molar-refractivity contribution >= 4 is 11.5 Å². The molecule has 0 aliphatic carbocycles. The zero-order chi connectivity index (χ0) is 11.4. The number of anilines is 1. The molecule has 0 saturated heterocycles. The molecular weight excluding hydrogens is 186 g/mol. The van der Waals surface area contributed by atoms with Gasteiger partial charge in [0.05, 0.1) is 0 Å². The summed E-state index contributed by atoms with van der Waals surface area (Å²) in [5, 5.41) is 10.7. The van der Waals surface area contributed by atoms with Gasteiger partial charge < -0.3 is 11.1 Å². The first-order valence-electron chi connectivity index (χ1n) is 5.21. The van der Waals surface area contributed by atoms with Crippen LogP contribution in [-0.2, 0) is 0 Å². The minimum absolute atomic E-state index is 0.107. The Bertz CT molecular complexity index is 344. The van der Waals surface area contributed by atoms with Crippen LogP contribution < -0.4 is 11.1 Å². The van der Waals surface area contributed by atoms with Crippen molar-refractivity contribution in [1.29, 1.82) is 5.41 Å². The summed E-state index contributed by atoms with van der Waals surface area (Å²) < 4.78 is 0. The molecule has 15 heavy (non-hydrogen) atoms. The molecule has 0 aliphatic heterocycles. The fraction of sp³-hybridized carbons (Fsp3) is 0.417. The van der Waals surface area contributed by atoms with Crippen LogP contribution >= 0.6 is 0 Å². The molecule has 3 nitrogen and oxygen atoms in total. The first kappa shape index (κ1) is 11.6. The van der Waals surface area contributed by atoms with Crippen molar-refractivity contribution in [2.75, 3.05) is 5.32 Å². The number of hydrogen-bond acceptors (Lipinski definition) is 2. The molecule has 0 spiro atoms. The molecule has 0 bridgehead atoms. The van der Waals surface area contributed by atoms with Gasteiger partial charge in [-0.2, -0.15) is 0 Å². The van der Waals surface area contributed by atoms with E-state index in [2.05, 4.69) is 26.1 Å². The molecule has 0 amide bonds. The van der Waals surface area contributed by atoms with Crippen LogP contribution in [0, 0.1) is 11.3 Å². The van der Waals surface area contributed by atoms with Gasteiger partial charge >= 0.3 is 0 Å². The van der Waals surface area contributed by atoms with Crippen molar-refractivity contribution in [2.45, 2.75) is 26.8 Å². The lowest BCUT2D eigenvalue weighted by atomic mass is 10.1. The van der Waals surface area contributed by atoms with Crippen LogP contribution in [0.15, 0.2) is 24.3 Å². The fourth-order valence-corrected chi connectivity index (χ4v) is 1.21. The summed E-state index contributed by atoms with van der Waals surface area (Å²) in [6.45, 7) is 6.49. The zero-order valence-electron chi connectivity index (χ0n) is 9.54. The number of rotatable bonds is 4. The third kappa shape index (κ3) is 3.27. The van der Waals surface area contributed by atoms with E-state index in [9.17, 15) is 0 Å². The van der Waals surface area contributed by atoms with Gasteiger partial charge in [-0.15, -0.1) is 0 Å². The highest BCUT2D eigenvalue weighted by atomic mass is 14.9. The number of nitrogens with one attached hydrogen (secondary N) is 2. The van der Waals surface area contributed by atoms with Gasteiger partial charge in [0.25, 0.3) is 0 Å². The Morgan fingerprint density at radius 2 is 2.00 bits per heavy atom. The Hall–Kier alpha value is -1.51. The summed E-state index contributed by atoms with van der Waals surface area (Å²) in [5.74, 6) is 0.682.